The number of carbonyl (C=O) groups is 1. The molecule has 0 bridgehead atoms. The van der Waals surface area contributed by atoms with Gasteiger partial charge in [-0.3, -0.25) is 0 Å². The number of aliphatic carboxylic acids is 1. The number of carboxylic acid groups (broad SMARTS) is 1. The predicted octanol–water partition coefficient (Wildman–Crippen LogP) is 1.78. The molecule has 3 nitrogen and oxygen atoms in total. The summed E-state index contributed by atoms with van der Waals surface area (Å²) in [6.45, 7) is 0. The number of methoxy groups -OCH3 is 1. The van der Waals surface area contributed by atoms with Gasteiger partial charge in [0.2, 0.25) is 0 Å². The molecule has 1 aromatic carbocycles. The van der Waals surface area contributed by atoms with Crippen molar-refractivity contribution in [2.45, 2.75) is 24.9 Å². The molecule has 2 rings (SSSR count). The minimum atomic E-state index is -1.19. The van der Waals surface area contributed by atoms with Crippen LogP contribution in [-0.2, 0) is 22.4 Å². The van der Waals surface area contributed by atoms with E-state index < -0.39 is 11.6 Å². The Balaban J connectivity index is 2.40. The average molecular weight is 224 g/mol. The second-order valence-electron chi connectivity index (χ2n) is 4.06. The highest BCUT2D eigenvalue weighted by Gasteiger charge is 2.42. The molecule has 86 valence electrons. The van der Waals surface area contributed by atoms with Crippen molar-refractivity contribution < 1.29 is 19.0 Å². The van der Waals surface area contributed by atoms with Crippen LogP contribution in [0.15, 0.2) is 18.2 Å². The normalized spacial score (nSPS) is 23.9. The predicted molar refractivity (Wildman–Crippen MR) is 55.8 cm³/mol. The minimum absolute atomic E-state index is 0.228. The van der Waals surface area contributed by atoms with E-state index in [1.165, 1.54) is 13.2 Å². The fraction of sp³-hybridized carbons (Fsp3) is 0.417. The van der Waals surface area contributed by atoms with Gasteiger partial charge in [-0.2, -0.15) is 0 Å². The van der Waals surface area contributed by atoms with Gasteiger partial charge < -0.3 is 9.84 Å². The lowest BCUT2D eigenvalue weighted by Crippen LogP contribution is -2.45. The minimum Gasteiger partial charge on any atom is -0.479 e. The Morgan fingerprint density at radius 1 is 1.56 bits per heavy atom. The lowest BCUT2D eigenvalue weighted by molar-refractivity contribution is -0.163. The van der Waals surface area contributed by atoms with Crippen molar-refractivity contribution in [1.29, 1.82) is 0 Å². The van der Waals surface area contributed by atoms with E-state index >= 15 is 0 Å². The van der Waals surface area contributed by atoms with Crippen molar-refractivity contribution in [3.63, 3.8) is 0 Å². The Morgan fingerprint density at radius 3 is 2.94 bits per heavy atom. The van der Waals surface area contributed by atoms with Gasteiger partial charge in [-0.25, -0.2) is 9.18 Å². The first-order valence-electron chi connectivity index (χ1n) is 5.14. The second kappa shape index (κ2) is 3.87. The van der Waals surface area contributed by atoms with Crippen LogP contribution in [0.25, 0.3) is 0 Å². The van der Waals surface area contributed by atoms with E-state index in [9.17, 15) is 9.18 Å². The summed E-state index contributed by atoms with van der Waals surface area (Å²) in [7, 11) is 1.39. The van der Waals surface area contributed by atoms with Crippen LogP contribution in [0.2, 0.25) is 0 Å². The SMILES string of the molecule is COC1(C(=O)O)CCc2c(F)cccc2C1. The van der Waals surface area contributed by atoms with E-state index in [2.05, 4.69) is 0 Å². The molecule has 0 saturated heterocycles. The summed E-state index contributed by atoms with van der Waals surface area (Å²) in [5.41, 5.74) is 0.160. The lowest BCUT2D eigenvalue weighted by atomic mass is 9.80. The molecule has 4 heteroatoms. The Kier molecular flexibility index (Phi) is 2.68. The van der Waals surface area contributed by atoms with Gasteiger partial charge in [-0.1, -0.05) is 12.1 Å². The molecule has 1 aliphatic carbocycles. The first-order valence-corrected chi connectivity index (χ1v) is 5.14. The van der Waals surface area contributed by atoms with Crippen LogP contribution in [0.5, 0.6) is 0 Å². The molecular formula is C12H13FO3. The third-order valence-corrected chi connectivity index (χ3v) is 3.25. The highest BCUT2D eigenvalue weighted by Crippen LogP contribution is 2.32. The number of halogens is 1. The summed E-state index contributed by atoms with van der Waals surface area (Å²) in [6.07, 6.45) is 0.945. The molecular weight excluding hydrogens is 211 g/mol. The molecule has 1 aromatic rings. The number of hydrogen-bond acceptors (Lipinski definition) is 2. The van der Waals surface area contributed by atoms with E-state index in [1.54, 1.807) is 12.1 Å². The molecule has 1 N–H and O–H groups in total. The summed E-state index contributed by atoms with van der Waals surface area (Å²) in [5, 5.41) is 9.16. The third-order valence-electron chi connectivity index (χ3n) is 3.25. The highest BCUT2D eigenvalue weighted by molar-refractivity contribution is 5.78. The van der Waals surface area contributed by atoms with Gasteiger partial charge in [0.25, 0.3) is 0 Å². The van der Waals surface area contributed by atoms with Crippen LogP contribution >= 0.6 is 0 Å². The van der Waals surface area contributed by atoms with Crippen LogP contribution in [0.3, 0.4) is 0 Å². The highest BCUT2D eigenvalue weighted by atomic mass is 19.1. The standard InChI is InChI=1S/C12H13FO3/c1-16-12(11(14)15)6-5-9-8(7-12)3-2-4-10(9)13/h2-4H,5-7H2,1H3,(H,14,15). The quantitative estimate of drug-likeness (QED) is 0.833. The van der Waals surface area contributed by atoms with E-state index in [0.29, 0.717) is 18.4 Å². The van der Waals surface area contributed by atoms with Gasteiger partial charge in [-0.05, 0) is 30.0 Å². The number of carboxylic acids is 1. The van der Waals surface area contributed by atoms with E-state index in [0.717, 1.165) is 5.56 Å². The molecule has 1 unspecified atom stereocenters. The Labute approximate surface area is 92.9 Å². The lowest BCUT2D eigenvalue weighted by Gasteiger charge is -2.33. The number of benzene rings is 1. The molecule has 1 atom stereocenters. The zero-order valence-corrected chi connectivity index (χ0v) is 9.00. The molecule has 0 aromatic heterocycles. The van der Waals surface area contributed by atoms with Gasteiger partial charge >= 0.3 is 5.97 Å². The van der Waals surface area contributed by atoms with Crippen molar-refractivity contribution in [1.82, 2.24) is 0 Å². The summed E-state index contributed by atoms with van der Waals surface area (Å²) >= 11 is 0. The smallest absolute Gasteiger partial charge is 0.336 e. The first-order chi connectivity index (χ1) is 7.59. The largest absolute Gasteiger partial charge is 0.479 e. The monoisotopic (exact) mass is 224 g/mol. The first kappa shape index (κ1) is 11.1. The Morgan fingerprint density at radius 2 is 2.31 bits per heavy atom. The fourth-order valence-corrected chi connectivity index (χ4v) is 2.22. The molecule has 0 fully saturated rings. The molecule has 1 aliphatic rings. The average Bonchev–Trinajstić information content (AvgIpc) is 2.28. The van der Waals surface area contributed by atoms with Gasteiger partial charge in [0.15, 0.2) is 5.60 Å². The van der Waals surface area contributed by atoms with Crippen molar-refractivity contribution in [3.05, 3.63) is 35.1 Å². The van der Waals surface area contributed by atoms with Gasteiger partial charge in [0, 0.05) is 13.5 Å². The molecule has 0 saturated carbocycles. The molecule has 0 spiro atoms. The van der Waals surface area contributed by atoms with Crippen LogP contribution in [0.1, 0.15) is 17.5 Å². The van der Waals surface area contributed by atoms with E-state index in [-0.39, 0.29) is 12.2 Å². The summed E-state index contributed by atoms with van der Waals surface area (Å²) in [6, 6.07) is 4.76. The topological polar surface area (TPSA) is 46.5 Å². The summed E-state index contributed by atoms with van der Waals surface area (Å²) < 4.78 is 18.6. The fourth-order valence-electron chi connectivity index (χ4n) is 2.22. The van der Waals surface area contributed by atoms with E-state index in [4.69, 9.17) is 9.84 Å². The number of ether oxygens (including phenoxy) is 1. The van der Waals surface area contributed by atoms with Gasteiger partial charge in [-0.15, -0.1) is 0 Å². The maximum Gasteiger partial charge on any atom is 0.336 e. The van der Waals surface area contributed by atoms with E-state index in [1.807, 2.05) is 0 Å². The zero-order chi connectivity index (χ0) is 11.8. The van der Waals surface area contributed by atoms with Crippen molar-refractivity contribution in [2.75, 3.05) is 7.11 Å². The number of hydrogen-bond donors (Lipinski definition) is 1. The third kappa shape index (κ3) is 1.59. The summed E-state index contributed by atoms with van der Waals surface area (Å²) in [5.74, 6) is -1.24. The zero-order valence-electron chi connectivity index (χ0n) is 9.00. The molecule has 0 aliphatic heterocycles. The maximum atomic E-state index is 13.4. The molecule has 0 radical (unpaired) electrons. The van der Waals surface area contributed by atoms with Crippen LogP contribution in [0.4, 0.5) is 4.39 Å². The maximum absolute atomic E-state index is 13.4. The summed E-state index contributed by atoms with van der Waals surface area (Å²) in [4.78, 5) is 11.2. The van der Waals surface area contributed by atoms with Crippen LogP contribution < -0.4 is 0 Å². The van der Waals surface area contributed by atoms with Crippen LogP contribution in [-0.4, -0.2) is 23.8 Å². The number of fused-ring (bicyclic) bond motifs is 1. The number of rotatable bonds is 2. The Bertz CT molecular complexity index is 430. The Hall–Kier alpha value is -1.42. The second-order valence-corrected chi connectivity index (χ2v) is 4.06. The van der Waals surface area contributed by atoms with Gasteiger partial charge in [0.1, 0.15) is 5.82 Å². The van der Waals surface area contributed by atoms with Gasteiger partial charge in [0.05, 0.1) is 0 Å². The molecule has 0 amide bonds. The molecule has 16 heavy (non-hydrogen) atoms. The molecule has 0 heterocycles. The van der Waals surface area contributed by atoms with Crippen molar-refractivity contribution in [3.8, 4) is 0 Å². The van der Waals surface area contributed by atoms with Crippen LogP contribution in [0, 0.1) is 5.82 Å². The van der Waals surface area contributed by atoms with Crippen molar-refractivity contribution >= 4 is 5.97 Å². The van der Waals surface area contributed by atoms with Crippen molar-refractivity contribution in [2.24, 2.45) is 0 Å².